The highest BCUT2D eigenvalue weighted by atomic mass is 79.9. The maximum Gasteiger partial charge on any atom is 0.146 e. The van der Waals surface area contributed by atoms with E-state index >= 15 is 0 Å². The minimum atomic E-state index is -0.340. The summed E-state index contributed by atoms with van der Waals surface area (Å²) in [5.41, 5.74) is 6.32. The number of rotatable bonds is 1. The van der Waals surface area contributed by atoms with Crippen LogP contribution in [0, 0.1) is 12.7 Å². The Bertz CT molecular complexity index is 275. The maximum absolute atomic E-state index is 12.9. The average Bonchev–Trinajstić information content (AvgIpc) is 1.97. The summed E-state index contributed by atoms with van der Waals surface area (Å²) in [7, 11) is 0. The van der Waals surface area contributed by atoms with Gasteiger partial charge in [0.2, 0.25) is 0 Å². The predicted molar refractivity (Wildman–Crippen MR) is 44.5 cm³/mol. The van der Waals surface area contributed by atoms with Crippen LogP contribution < -0.4 is 5.73 Å². The van der Waals surface area contributed by atoms with Crippen molar-refractivity contribution in [2.24, 2.45) is 5.73 Å². The van der Waals surface area contributed by atoms with Gasteiger partial charge < -0.3 is 5.73 Å². The monoisotopic (exact) mass is 218 g/mol. The third-order valence-corrected chi connectivity index (χ3v) is 2.17. The summed E-state index contributed by atoms with van der Waals surface area (Å²) >= 11 is 3.19. The van der Waals surface area contributed by atoms with Gasteiger partial charge in [-0.15, -0.1) is 0 Å². The molecule has 0 unspecified atom stereocenters. The number of nitrogens with zero attached hydrogens (tertiary/aromatic N) is 1. The Morgan fingerprint density at radius 3 is 2.91 bits per heavy atom. The van der Waals surface area contributed by atoms with Crippen molar-refractivity contribution in [3.05, 3.63) is 27.7 Å². The van der Waals surface area contributed by atoms with Crippen LogP contribution in [0.1, 0.15) is 11.3 Å². The number of nitrogens with two attached hydrogens (primary N) is 1. The Kier molecular flexibility index (Phi) is 2.57. The highest BCUT2D eigenvalue weighted by Gasteiger charge is 2.04. The van der Waals surface area contributed by atoms with Crippen LogP contribution in [0.2, 0.25) is 0 Å². The van der Waals surface area contributed by atoms with Crippen LogP contribution in [0.4, 0.5) is 4.39 Å². The van der Waals surface area contributed by atoms with Gasteiger partial charge in [0.05, 0.1) is 5.69 Å². The van der Waals surface area contributed by atoms with Gasteiger partial charge in [-0.2, -0.15) is 0 Å². The number of aromatic nitrogens is 1. The molecule has 0 aliphatic heterocycles. The molecule has 1 heterocycles. The Balaban J connectivity index is 3.21. The van der Waals surface area contributed by atoms with Gasteiger partial charge in [-0.1, -0.05) is 0 Å². The van der Waals surface area contributed by atoms with E-state index in [4.69, 9.17) is 5.73 Å². The number of hydrogen-bond acceptors (Lipinski definition) is 2. The summed E-state index contributed by atoms with van der Waals surface area (Å²) in [4.78, 5) is 3.91. The average molecular weight is 219 g/mol. The van der Waals surface area contributed by atoms with Gasteiger partial charge in [-0.3, -0.25) is 0 Å². The normalized spacial score (nSPS) is 10.2. The van der Waals surface area contributed by atoms with Crippen molar-refractivity contribution in [2.45, 2.75) is 13.5 Å². The third kappa shape index (κ3) is 1.75. The molecule has 0 atom stereocenters. The molecule has 0 aliphatic carbocycles. The first-order valence-corrected chi connectivity index (χ1v) is 3.96. The van der Waals surface area contributed by atoms with Crippen molar-refractivity contribution in [3.63, 3.8) is 0 Å². The Labute approximate surface area is 72.8 Å². The van der Waals surface area contributed by atoms with E-state index in [2.05, 4.69) is 20.9 Å². The summed E-state index contributed by atoms with van der Waals surface area (Å²) in [6.07, 6.45) is 0. The van der Waals surface area contributed by atoms with Crippen LogP contribution in [0.15, 0.2) is 10.7 Å². The molecule has 0 radical (unpaired) electrons. The van der Waals surface area contributed by atoms with E-state index in [9.17, 15) is 4.39 Å². The number of pyridine rings is 1. The lowest BCUT2D eigenvalue weighted by Crippen LogP contribution is -2.04. The van der Waals surface area contributed by atoms with E-state index in [1.165, 1.54) is 6.07 Å². The van der Waals surface area contributed by atoms with Gasteiger partial charge in [0.15, 0.2) is 0 Å². The fourth-order valence-electron chi connectivity index (χ4n) is 0.736. The zero-order valence-corrected chi connectivity index (χ0v) is 7.65. The molecule has 60 valence electrons. The second kappa shape index (κ2) is 3.28. The van der Waals surface area contributed by atoms with Crippen LogP contribution in [-0.4, -0.2) is 4.98 Å². The summed E-state index contributed by atoms with van der Waals surface area (Å²) in [6.45, 7) is 1.91. The predicted octanol–water partition coefficient (Wildman–Crippen LogP) is 1.75. The van der Waals surface area contributed by atoms with Crippen LogP contribution in [0.5, 0.6) is 0 Å². The molecule has 0 aliphatic rings. The molecule has 0 saturated carbocycles. The van der Waals surface area contributed by atoms with E-state index in [1.54, 1.807) is 6.92 Å². The largest absolute Gasteiger partial charge is 0.325 e. The van der Waals surface area contributed by atoms with E-state index < -0.39 is 0 Å². The molecule has 11 heavy (non-hydrogen) atoms. The van der Waals surface area contributed by atoms with Gasteiger partial charge in [0, 0.05) is 6.54 Å². The SMILES string of the molecule is Cc1cc(F)c(CN)nc1Br. The first-order valence-electron chi connectivity index (χ1n) is 3.16. The number of halogens is 2. The molecule has 0 bridgehead atoms. The molecule has 0 fully saturated rings. The quantitative estimate of drug-likeness (QED) is 0.730. The molecule has 1 rings (SSSR count). The standard InChI is InChI=1S/C7H8BrFN2/c1-4-2-5(9)6(3-10)11-7(4)8/h2H,3,10H2,1H3. The van der Waals surface area contributed by atoms with Crippen molar-refractivity contribution in [1.29, 1.82) is 0 Å². The van der Waals surface area contributed by atoms with Gasteiger partial charge in [0.1, 0.15) is 10.4 Å². The van der Waals surface area contributed by atoms with Crippen molar-refractivity contribution < 1.29 is 4.39 Å². The highest BCUT2D eigenvalue weighted by molar-refractivity contribution is 9.10. The molecule has 0 spiro atoms. The van der Waals surface area contributed by atoms with E-state index in [-0.39, 0.29) is 12.4 Å². The first-order chi connectivity index (χ1) is 5.15. The minimum Gasteiger partial charge on any atom is -0.325 e. The van der Waals surface area contributed by atoms with Crippen LogP contribution >= 0.6 is 15.9 Å². The minimum absolute atomic E-state index is 0.130. The van der Waals surface area contributed by atoms with E-state index in [0.717, 1.165) is 5.56 Å². The molecule has 4 heteroatoms. The zero-order valence-electron chi connectivity index (χ0n) is 6.06. The lowest BCUT2D eigenvalue weighted by molar-refractivity contribution is 0.597. The molecule has 2 N–H and O–H groups in total. The molecule has 0 saturated heterocycles. The molecule has 0 amide bonds. The summed E-state index contributed by atoms with van der Waals surface area (Å²) < 4.78 is 13.5. The lowest BCUT2D eigenvalue weighted by atomic mass is 10.2. The fourth-order valence-corrected chi connectivity index (χ4v) is 1.06. The smallest absolute Gasteiger partial charge is 0.146 e. The summed E-state index contributed by atoms with van der Waals surface area (Å²) in [5, 5.41) is 0. The summed E-state index contributed by atoms with van der Waals surface area (Å²) in [6, 6.07) is 1.42. The second-order valence-electron chi connectivity index (χ2n) is 2.23. The topological polar surface area (TPSA) is 38.9 Å². The van der Waals surface area contributed by atoms with Crippen LogP contribution in [-0.2, 0) is 6.54 Å². The van der Waals surface area contributed by atoms with Gasteiger partial charge in [-0.25, -0.2) is 9.37 Å². The first kappa shape index (κ1) is 8.62. The van der Waals surface area contributed by atoms with E-state index in [1.807, 2.05) is 0 Å². The van der Waals surface area contributed by atoms with Crippen LogP contribution in [0.25, 0.3) is 0 Å². The molecule has 0 aromatic carbocycles. The van der Waals surface area contributed by atoms with Gasteiger partial charge in [-0.05, 0) is 34.5 Å². The molecule has 1 aromatic rings. The van der Waals surface area contributed by atoms with E-state index in [0.29, 0.717) is 10.3 Å². The van der Waals surface area contributed by atoms with Gasteiger partial charge >= 0.3 is 0 Å². The highest BCUT2D eigenvalue weighted by Crippen LogP contribution is 2.15. The number of aryl methyl sites for hydroxylation is 1. The van der Waals surface area contributed by atoms with Gasteiger partial charge in [0.25, 0.3) is 0 Å². The number of hydrogen-bond donors (Lipinski definition) is 1. The van der Waals surface area contributed by atoms with Crippen molar-refractivity contribution in [1.82, 2.24) is 4.98 Å². The second-order valence-corrected chi connectivity index (χ2v) is 2.98. The Morgan fingerprint density at radius 1 is 1.73 bits per heavy atom. The summed E-state index contributed by atoms with van der Waals surface area (Å²) in [5.74, 6) is -0.340. The lowest BCUT2D eigenvalue weighted by Gasteiger charge is -2.01. The van der Waals surface area contributed by atoms with Crippen molar-refractivity contribution >= 4 is 15.9 Å². The molecule has 1 aromatic heterocycles. The van der Waals surface area contributed by atoms with Crippen molar-refractivity contribution in [2.75, 3.05) is 0 Å². The van der Waals surface area contributed by atoms with Crippen molar-refractivity contribution in [3.8, 4) is 0 Å². The zero-order chi connectivity index (χ0) is 8.43. The third-order valence-electron chi connectivity index (χ3n) is 1.37. The molecular formula is C7H8BrFN2. The van der Waals surface area contributed by atoms with Crippen LogP contribution in [0.3, 0.4) is 0 Å². The molecular weight excluding hydrogens is 211 g/mol. The maximum atomic E-state index is 12.9. The Hall–Kier alpha value is -0.480. The fraction of sp³-hybridized carbons (Fsp3) is 0.286. The molecule has 2 nitrogen and oxygen atoms in total. The Morgan fingerprint density at radius 2 is 2.36 bits per heavy atom.